The van der Waals surface area contributed by atoms with Crippen LogP contribution in [0, 0.1) is 11.8 Å². The lowest BCUT2D eigenvalue weighted by molar-refractivity contribution is -0.190. The predicted molar refractivity (Wildman–Crippen MR) is 155 cm³/mol. The maximum Gasteiger partial charge on any atom is 0.328 e. The van der Waals surface area contributed by atoms with Crippen molar-refractivity contribution < 1.29 is 23.9 Å². The molecule has 0 aromatic rings. The van der Waals surface area contributed by atoms with Crippen LogP contribution in [-0.2, 0) is 23.9 Å². The molecule has 0 saturated carbocycles. The number of ether oxygens (including phenoxy) is 2. The summed E-state index contributed by atoms with van der Waals surface area (Å²) < 4.78 is 11.5. The molecule has 1 saturated heterocycles. The van der Waals surface area contributed by atoms with E-state index in [0.29, 0.717) is 18.4 Å². The molecule has 1 aliphatic heterocycles. The molecular formula is C32H57NO5. The Balaban J connectivity index is 2.71. The zero-order valence-electron chi connectivity index (χ0n) is 25.2. The van der Waals surface area contributed by atoms with E-state index in [1.54, 1.807) is 6.92 Å². The molecule has 0 aliphatic carbocycles. The molecule has 38 heavy (non-hydrogen) atoms. The second kappa shape index (κ2) is 20.1. The van der Waals surface area contributed by atoms with Crippen LogP contribution in [0.3, 0.4) is 0 Å². The van der Waals surface area contributed by atoms with E-state index in [2.05, 4.69) is 25.7 Å². The summed E-state index contributed by atoms with van der Waals surface area (Å²) in [4.78, 5) is 37.6. The van der Waals surface area contributed by atoms with E-state index in [0.717, 1.165) is 44.9 Å². The van der Waals surface area contributed by atoms with Gasteiger partial charge in [-0.25, -0.2) is 4.79 Å². The zero-order valence-corrected chi connectivity index (χ0v) is 25.2. The van der Waals surface area contributed by atoms with Crippen LogP contribution in [0.2, 0.25) is 0 Å². The van der Waals surface area contributed by atoms with Gasteiger partial charge in [0.1, 0.15) is 18.2 Å². The summed E-state index contributed by atoms with van der Waals surface area (Å²) in [6.07, 6.45) is 17.7. The normalized spacial score (nSPS) is 18.4. The van der Waals surface area contributed by atoms with Crippen molar-refractivity contribution in [1.29, 1.82) is 0 Å². The summed E-state index contributed by atoms with van der Waals surface area (Å²) in [5.74, 6) is -0.729. The molecule has 1 fully saturated rings. The highest BCUT2D eigenvalue weighted by molar-refractivity contribution is 5.95. The Labute approximate surface area is 233 Å². The molecule has 1 amide bonds. The number of esters is 2. The summed E-state index contributed by atoms with van der Waals surface area (Å²) in [5.41, 5.74) is 0.366. The fourth-order valence-corrected chi connectivity index (χ4v) is 5.09. The molecule has 1 unspecified atom stereocenters. The fraction of sp³-hybridized carbons (Fsp3) is 0.844. The van der Waals surface area contributed by atoms with Crippen molar-refractivity contribution in [3.8, 4) is 0 Å². The van der Waals surface area contributed by atoms with Crippen LogP contribution in [0.15, 0.2) is 12.2 Å². The Kier molecular flexibility index (Phi) is 18.1. The minimum Gasteiger partial charge on any atom is -0.461 e. The van der Waals surface area contributed by atoms with Crippen molar-refractivity contribution in [2.45, 2.75) is 162 Å². The average Bonchev–Trinajstić information content (AvgIpc) is 2.86. The van der Waals surface area contributed by atoms with Gasteiger partial charge in [-0.05, 0) is 38.5 Å². The Hall–Kier alpha value is -1.85. The summed E-state index contributed by atoms with van der Waals surface area (Å²) in [7, 11) is 0. The number of carbonyl (C=O) groups excluding carboxylic acids is 3. The van der Waals surface area contributed by atoms with Crippen LogP contribution in [0.5, 0.6) is 0 Å². The Morgan fingerprint density at radius 2 is 1.47 bits per heavy atom. The second-order valence-electron chi connectivity index (χ2n) is 11.8. The van der Waals surface area contributed by atoms with Crippen molar-refractivity contribution in [2.24, 2.45) is 11.8 Å². The van der Waals surface area contributed by atoms with Crippen LogP contribution in [-0.4, -0.2) is 36.1 Å². The molecule has 0 aromatic carbocycles. The number of hydrogen-bond acceptors (Lipinski definition) is 5. The predicted octanol–water partition coefficient (Wildman–Crippen LogP) is 7.83. The van der Waals surface area contributed by atoms with Crippen LogP contribution in [0.4, 0.5) is 0 Å². The first-order chi connectivity index (χ1) is 18.2. The summed E-state index contributed by atoms with van der Waals surface area (Å²) in [6, 6.07) is -0.710. The first kappa shape index (κ1) is 34.2. The lowest BCUT2D eigenvalue weighted by Gasteiger charge is -2.37. The van der Waals surface area contributed by atoms with Crippen molar-refractivity contribution in [3.05, 3.63) is 12.2 Å². The quantitative estimate of drug-likeness (QED) is 0.0819. The standard InChI is InChI=1S/C32H57NO5/c1-7-9-11-13-14-15-16-17-18-20-26(23-29-27(31(35)38-29)21-19-12-10-8-2)37-32(36)28(22-24(3)4)33-30(34)25(5)6/h24,26-29H,5,7-23H2,1-4,6H3,(H,33,34)/t26-,27-,28?,29-/m0/s1. The van der Waals surface area contributed by atoms with Crippen LogP contribution >= 0.6 is 0 Å². The number of cyclic esters (lactones) is 1. The van der Waals surface area contributed by atoms with Crippen LogP contribution in [0.25, 0.3) is 0 Å². The molecular weight excluding hydrogens is 478 g/mol. The van der Waals surface area contributed by atoms with E-state index in [1.807, 2.05) is 13.8 Å². The summed E-state index contributed by atoms with van der Waals surface area (Å²) in [5, 5.41) is 2.80. The topological polar surface area (TPSA) is 81.7 Å². The average molecular weight is 536 g/mol. The molecule has 1 rings (SSSR count). The number of rotatable bonds is 23. The van der Waals surface area contributed by atoms with Crippen molar-refractivity contribution >= 4 is 17.8 Å². The number of amides is 1. The Morgan fingerprint density at radius 3 is 2.00 bits per heavy atom. The van der Waals surface area contributed by atoms with Gasteiger partial charge in [0, 0.05) is 12.0 Å². The van der Waals surface area contributed by atoms with E-state index in [1.165, 1.54) is 51.4 Å². The molecule has 1 N–H and O–H groups in total. The number of carbonyl (C=O) groups is 3. The van der Waals surface area contributed by atoms with Gasteiger partial charge in [0.05, 0.1) is 5.92 Å². The molecule has 0 bridgehead atoms. The van der Waals surface area contributed by atoms with Crippen molar-refractivity contribution in [1.82, 2.24) is 5.32 Å². The van der Waals surface area contributed by atoms with Gasteiger partial charge in [-0.3, -0.25) is 9.59 Å². The third-order valence-electron chi connectivity index (χ3n) is 7.48. The SMILES string of the molecule is C=C(C)C(=O)NC(CC(C)C)C(=O)O[C@@H](CCCCCCCCCCC)C[C@@H]1OC(=O)[C@H]1CCCCCC. The van der Waals surface area contributed by atoms with Crippen molar-refractivity contribution in [3.63, 3.8) is 0 Å². The highest BCUT2D eigenvalue weighted by atomic mass is 16.6. The van der Waals surface area contributed by atoms with Gasteiger partial charge in [0.15, 0.2) is 0 Å². The third kappa shape index (κ3) is 14.3. The molecule has 0 spiro atoms. The van der Waals surface area contributed by atoms with Crippen LogP contribution in [0.1, 0.15) is 144 Å². The molecule has 6 heteroatoms. The van der Waals surface area contributed by atoms with Gasteiger partial charge < -0.3 is 14.8 Å². The zero-order chi connectivity index (χ0) is 28.3. The van der Waals surface area contributed by atoms with Gasteiger partial charge in [-0.1, -0.05) is 111 Å². The lowest BCUT2D eigenvalue weighted by atomic mass is 9.86. The molecule has 4 atom stereocenters. The third-order valence-corrected chi connectivity index (χ3v) is 7.48. The minimum absolute atomic E-state index is 0.0919. The summed E-state index contributed by atoms with van der Waals surface area (Å²) >= 11 is 0. The highest BCUT2D eigenvalue weighted by Gasteiger charge is 2.43. The lowest BCUT2D eigenvalue weighted by Crippen LogP contribution is -2.48. The molecule has 1 heterocycles. The first-order valence-electron chi connectivity index (χ1n) is 15.6. The smallest absolute Gasteiger partial charge is 0.328 e. The molecule has 220 valence electrons. The maximum atomic E-state index is 13.2. The van der Waals surface area contributed by atoms with Crippen molar-refractivity contribution in [2.75, 3.05) is 0 Å². The summed E-state index contributed by atoms with van der Waals surface area (Å²) in [6.45, 7) is 13.8. The number of nitrogens with one attached hydrogen (secondary N) is 1. The minimum atomic E-state index is -0.710. The van der Waals surface area contributed by atoms with Gasteiger partial charge >= 0.3 is 11.9 Å². The second-order valence-corrected chi connectivity index (χ2v) is 11.8. The van der Waals surface area contributed by atoms with Gasteiger partial charge in [0.25, 0.3) is 0 Å². The molecule has 0 aromatic heterocycles. The maximum absolute atomic E-state index is 13.2. The first-order valence-corrected chi connectivity index (χ1v) is 15.6. The van der Waals surface area contributed by atoms with Gasteiger partial charge in [-0.2, -0.15) is 0 Å². The van der Waals surface area contributed by atoms with Crippen LogP contribution < -0.4 is 5.32 Å². The van der Waals surface area contributed by atoms with E-state index >= 15 is 0 Å². The monoisotopic (exact) mass is 535 g/mol. The van der Waals surface area contributed by atoms with Gasteiger partial charge in [0.2, 0.25) is 5.91 Å². The van der Waals surface area contributed by atoms with E-state index < -0.39 is 12.0 Å². The van der Waals surface area contributed by atoms with E-state index in [-0.39, 0.29) is 35.9 Å². The molecule has 1 aliphatic rings. The molecule has 6 nitrogen and oxygen atoms in total. The fourth-order valence-electron chi connectivity index (χ4n) is 5.09. The number of hydrogen-bond donors (Lipinski definition) is 1. The largest absolute Gasteiger partial charge is 0.461 e. The Bertz CT molecular complexity index is 704. The van der Waals surface area contributed by atoms with E-state index in [9.17, 15) is 14.4 Å². The van der Waals surface area contributed by atoms with Gasteiger partial charge in [-0.15, -0.1) is 0 Å². The highest BCUT2D eigenvalue weighted by Crippen LogP contribution is 2.32. The molecule has 0 radical (unpaired) electrons. The Morgan fingerprint density at radius 1 is 0.921 bits per heavy atom. The number of unbranched alkanes of at least 4 members (excludes halogenated alkanes) is 11. The van der Waals surface area contributed by atoms with E-state index in [4.69, 9.17) is 9.47 Å².